The summed E-state index contributed by atoms with van der Waals surface area (Å²) in [6, 6.07) is 6.22. The molecule has 4 heterocycles. The van der Waals surface area contributed by atoms with Crippen molar-refractivity contribution >= 4 is 35.6 Å². The Morgan fingerprint density at radius 2 is 1.75 bits per heavy atom. The molecule has 2 aromatic heterocycles. The van der Waals surface area contributed by atoms with Gasteiger partial charge in [0.25, 0.3) is 0 Å². The van der Waals surface area contributed by atoms with E-state index in [0.717, 1.165) is 58.5 Å². The molecule has 2 aliphatic carbocycles. The molecule has 2 aliphatic heterocycles. The summed E-state index contributed by atoms with van der Waals surface area (Å²) in [6.07, 6.45) is 5.48. The van der Waals surface area contributed by atoms with Crippen LogP contribution in [0.15, 0.2) is 30.5 Å². The number of aromatic hydroxyl groups is 1. The van der Waals surface area contributed by atoms with Crippen molar-refractivity contribution < 1.29 is 28.1 Å². The Morgan fingerprint density at radius 3 is 2.45 bits per heavy atom. The molecule has 0 spiro atoms. The number of benzene rings is 2. The van der Waals surface area contributed by atoms with Crippen LogP contribution in [-0.2, 0) is 9.47 Å². The molecule has 12 heteroatoms. The number of pyridine rings is 1. The van der Waals surface area contributed by atoms with Crippen molar-refractivity contribution in [3.8, 4) is 34.5 Å². The number of phenolic OH excluding ortho intramolecular Hbond substituents is 1. The number of ether oxygens (including phenoxy) is 3. The Kier molecular flexibility index (Phi) is 10.3. The van der Waals surface area contributed by atoms with E-state index in [1.807, 2.05) is 0 Å². The largest absolute Gasteiger partial charge is 0.508 e. The smallest absolute Gasteiger partial charge is 0.319 e. The molecule has 4 fully saturated rings. The molecule has 292 valence electrons. The highest BCUT2D eigenvalue weighted by molar-refractivity contribution is 6.90. The number of rotatable bonds is 10. The minimum absolute atomic E-state index is 0.00105. The maximum absolute atomic E-state index is 17.4. The van der Waals surface area contributed by atoms with E-state index in [-0.39, 0.29) is 51.7 Å². The SMILES string of the molecule is CC(C)[Si](C#Cc1c(F)ccc2cc(O)cc(-c3ncc4c(N5CCCOC6CC65)nc(OCC5(CN6CCOCC6)CC5)nc4c3F)c12)(C(C)C)C(C)C. The van der Waals surface area contributed by atoms with Crippen molar-refractivity contribution in [3.05, 3.63) is 47.7 Å². The fraction of sp³-hybridized carbons (Fsp3) is 0.558. The van der Waals surface area contributed by atoms with Gasteiger partial charge in [0.05, 0.1) is 42.9 Å². The highest BCUT2D eigenvalue weighted by Crippen LogP contribution is 2.47. The molecule has 1 N–H and O–H groups in total. The molecule has 2 unspecified atom stereocenters. The molecular weight excluding hydrogens is 717 g/mol. The van der Waals surface area contributed by atoms with Crippen LogP contribution < -0.4 is 9.64 Å². The third kappa shape index (κ3) is 7.18. The second-order valence-corrected chi connectivity index (χ2v) is 22.7. The fourth-order valence-electron chi connectivity index (χ4n) is 9.37. The van der Waals surface area contributed by atoms with Crippen LogP contribution >= 0.6 is 0 Å². The van der Waals surface area contributed by atoms with E-state index in [0.29, 0.717) is 58.4 Å². The van der Waals surface area contributed by atoms with Gasteiger partial charge in [-0.05, 0) is 65.9 Å². The first-order valence-corrected chi connectivity index (χ1v) is 22.3. The molecular formula is C43H53F2N5O4Si. The monoisotopic (exact) mass is 769 g/mol. The molecule has 4 aromatic rings. The minimum atomic E-state index is -2.26. The van der Waals surface area contributed by atoms with Crippen molar-refractivity contribution in [2.24, 2.45) is 5.41 Å². The Hall–Kier alpha value is -3.89. The molecule has 0 radical (unpaired) electrons. The van der Waals surface area contributed by atoms with Gasteiger partial charge in [-0.1, -0.05) is 53.5 Å². The van der Waals surface area contributed by atoms with Gasteiger partial charge in [-0.15, -0.1) is 5.54 Å². The standard InChI is InChI=1S/C43H53F2N5O4Si/c1-26(2)55(27(3)4,28(5)6)19-10-31-34(44)9-8-29-20-30(51)21-32(37(29)31)39-38(45)40-33(23-46-39)41(50-13-7-16-53-36-22-35(36)50)48-42(47-40)54-25-43(11-12-43)24-49-14-17-52-18-15-49/h8-9,20-21,23,26-28,35-36,51H,7,11-18,22,24-25H2,1-6H3. The van der Waals surface area contributed by atoms with Gasteiger partial charge in [0.15, 0.2) is 5.82 Å². The molecule has 2 saturated heterocycles. The quantitative estimate of drug-likeness (QED) is 0.127. The first-order chi connectivity index (χ1) is 26.4. The van der Waals surface area contributed by atoms with E-state index in [1.165, 1.54) is 12.1 Å². The Balaban J connectivity index is 1.25. The van der Waals surface area contributed by atoms with Crippen molar-refractivity contribution in [3.63, 3.8) is 0 Å². The number of nitrogens with zero attached hydrogens (tertiary/aromatic N) is 5. The number of anilines is 1. The van der Waals surface area contributed by atoms with Gasteiger partial charge in [0, 0.05) is 55.3 Å². The zero-order valence-corrected chi connectivity index (χ0v) is 33.9. The third-order valence-corrected chi connectivity index (χ3v) is 18.9. The van der Waals surface area contributed by atoms with E-state index in [2.05, 4.69) is 62.8 Å². The zero-order chi connectivity index (χ0) is 38.6. The maximum Gasteiger partial charge on any atom is 0.319 e. The minimum Gasteiger partial charge on any atom is -0.508 e. The molecule has 9 nitrogen and oxygen atoms in total. The number of halogens is 2. The summed E-state index contributed by atoms with van der Waals surface area (Å²) >= 11 is 0. The van der Waals surface area contributed by atoms with Gasteiger partial charge in [-0.25, -0.2) is 8.78 Å². The topological polar surface area (TPSA) is 93.1 Å². The van der Waals surface area contributed by atoms with Crippen LogP contribution in [0.25, 0.3) is 32.9 Å². The number of fused-ring (bicyclic) bond motifs is 3. The van der Waals surface area contributed by atoms with Crippen LogP contribution in [0.3, 0.4) is 0 Å². The molecule has 0 bridgehead atoms. The Labute approximate surface area is 323 Å². The lowest BCUT2D eigenvalue weighted by Gasteiger charge is -2.38. The summed E-state index contributed by atoms with van der Waals surface area (Å²) in [6.45, 7) is 19.2. The van der Waals surface area contributed by atoms with Gasteiger partial charge in [0.1, 0.15) is 36.7 Å². The summed E-state index contributed by atoms with van der Waals surface area (Å²) in [7, 11) is -2.26. The summed E-state index contributed by atoms with van der Waals surface area (Å²) < 4.78 is 51.4. The molecule has 2 aromatic carbocycles. The molecule has 2 atom stereocenters. The summed E-state index contributed by atoms with van der Waals surface area (Å²) in [4.78, 5) is 19.0. The first-order valence-electron chi connectivity index (χ1n) is 20.1. The van der Waals surface area contributed by atoms with Gasteiger partial charge in [0.2, 0.25) is 0 Å². The van der Waals surface area contributed by atoms with E-state index in [1.54, 1.807) is 18.3 Å². The lowest BCUT2D eigenvalue weighted by molar-refractivity contribution is 0.0231. The number of morpholine rings is 1. The van der Waals surface area contributed by atoms with Crippen LogP contribution in [0.4, 0.5) is 14.6 Å². The summed E-state index contributed by atoms with van der Waals surface area (Å²) in [5.74, 6) is 2.60. The van der Waals surface area contributed by atoms with Gasteiger partial charge < -0.3 is 24.2 Å². The Morgan fingerprint density at radius 1 is 1.00 bits per heavy atom. The molecule has 0 amide bonds. The lowest BCUT2D eigenvalue weighted by atomic mass is 9.96. The third-order valence-electron chi connectivity index (χ3n) is 12.6. The second-order valence-electron chi connectivity index (χ2n) is 17.1. The number of aromatic nitrogens is 3. The summed E-state index contributed by atoms with van der Waals surface area (Å²) in [5.41, 5.74) is 5.10. The summed E-state index contributed by atoms with van der Waals surface area (Å²) in [5, 5.41) is 12.4. The molecule has 2 saturated carbocycles. The van der Waals surface area contributed by atoms with Crippen LogP contribution in [-0.4, -0.2) is 97.8 Å². The van der Waals surface area contributed by atoms with Crippen molar-refractivity contribution in [1.29, 1.82) is 0 Å². The Bertz CT molecular complexity index is 2140. The predicted molar refractivity (Wildman–Crippen MR) is 214 cm³/mol. The van der Waals surface area contributed by atoms with Crippen molar-refractivity contribution in [2.45, 2.75) is 96.0 Å². The van der Waals surface area contributed by atoms with Crippen LogP contribution in [0.5, 0.6) is 11.8 Å². The zero-order valence-electron chi connectivity index (χ0n) is 32.9. The highest BCUT2D eigenvalue weighted by Gasteiger charge is 2.47. The first kappa shape index (κ1) is 38.0. The van der Waals surface area contributed by atoms with E-state index in [4.69, 9.17) is 29.2 Å². The maximum atomic E-state index is 17.4. The van der Waals surface area contributed by atoms with Crippen molar-refractivity contribution in [2.75, 3.05) is 57.5 Å². The van der Waals surface area contributed by atoms with Crippen LogP contribution in [0, 0.1) is 28.5 Å². The van der Waals surface area contributed by atoms with E-state index < -0.39 is 19.7 Å². The van der Waals surface area contributed by atoms with Crippen molar-refractivity contribution in [1.82, 2.24) is 19.9 Å². The second kappa shape index (κ2) is 14.9. The highest BCUT2D eigenvalue weighted by atomic mass is 28.3. The number of phenols is 1. The van der Waals surface area contributed by atoms with Gasteiger partial charge in [-0.2, -0.15) is 9.97 Å². The van der Waals surface area contributed by atoms with Crippen LogP contribution in [0.1, 0.15) is 72.8 Å². The molecule has 8 rings (SSSR count). The number of hydrogen-bond acceptors (Lipinski definition) is 9. The van der Waals surface area contributed by atoms with Gasteiger partial charge in [-0.3, -0.25) is 9.88 Å². The normalized spacial score (nSPS) is 21.2. The predicted octanol–water partition coefficient (Wildman–Crippen LogP) is 8.26. The van der Waals surface area contributed by atoms with E-state index in [9.17, 15) is 5.11 Å². The van der Waals surface area contributed by atoms with Gasteiger partial charge >= 0.3 is 6.01 Å². The average molecular weight is 770 g/mol. The average Bonchev–Trinajstić information content (AvgIpc) is 4.08. The van der Waals surface area contributed by atoms with E-state index >= 15 is 8.78 Å². The molecule has 55 heavy (non-hydrogen) atoms. The lowest BCUT2D eigenvalue weighted by Crippen LogP contribution is -2.43. The number of hydrogen-bond donors (Lipinski definition) is 1. The van der Waals surface area contributed by atoms with Crippen LogP contribution in [0.2, 0.25) is 16.6 Å². The molecule has 4 aliphatic rings. The fourth-order valence-corrected chi connectivity index (χ4v) is 14.6.